The largest absolute Gasteiger partial charge is 0.370 e. The van der Waals surface area contributed by atoms with Crippen molar-refractivity contribution < 1.29 is 14.0 Å². The molecule has 0 saturated heterocycles. The molecule has 1 atom stereocenters. The van der Waals surface area contributed by atoms with Crippen LogP contribution >= 0.6 is 11.6 Å². The summed E-state index contributed by atoms with van der Waals surface area (Å²) in [5, 5.41) is 9.84. The fraction of sp³-hybridized carbons (Fsp3) is 0.227. The number of halogens is 2. The molecule has 30 heavy (non-hydrogen) atoms. The summed E-state index contributed by atoms with van der Waals surface area (Å²) in [5.41, 5.74) is 7.48. The van der Waals surface area contributed by atoms with Crippen LogP contribution < -0.4 is 11.1 Å². The number of rotatable bonds is 7. The molecule has 4 N–H and O–H groups in total. The molecule has 3 rings (SSSR count). The summed E-state index contributed by atoms with van der Waals surface area (Å²) in [5.74, 6) is -1.38. The smallest absolute Gasteiger partial charge is 0.255 e. The summed E-state index contributed by atoms with van der Waals surface area (Å²) in [6, 6.07) is 11.0. The van der Waals surface area contributed by atoms with E-state index >= 15 is 0 Å². The minimum atomic E-state index is -0.690. The molecule has 1 unspecified atom stereocenters. The molecule has 1 heterocycles. The highest BCUT2D eigenvalue weighted by atomic mass is 35.5. The highest BCUT2D eigenvalue weighted by Gasteiger charge is 2.23. The van der Waals surface area contributed by atoms with Crippen LogP contribution in [0.15, 0.2) is 48.7 Å². The Kier molecular flexibility index (Phi) is 6.52. The lowest BCUT2D eigenvalue weighted by Gasteiger charge is -2.18. The molecule has 3 aromatic rings. The number of nitrogens with zero attached hydrogens (tertiary/aromatic N) is 1. The third kappa shape index (κ3) is 4.86. The van der Waals surface area contributed by atoms with Crippen molar-refractivity contribution >= 4 is 23.4 Å². The third-order valence-corrected chi connectivity index (χ3v) is 5.01. The predicted octanol–water partition coefficient (Wildman–Crippen LogP) is 4.34. The topological polar surface area (TPSA) is 101 Å². The molecule has 0 bridgehead atoms. The van der Waals surface area contributed by atoms with E-state index in [4.69, 9.17) is 17.3 Å². The lowest BCUT2D eigenvalue weighted by Crippen LogP contribution is -2.32. The van der Waals surface area contributed by atoms with Crippen molar-refractivity contribution in [2.75, 3.05) is 0 Å². The van der Waals surface area contributed by atoms with Gasteiger partial charge in [-0.15, -0.1) is 0 Å². The van der Waals surface area contributed by atoms with E-state index in [0.717, 1.165) is 5.56 Å². The summed E-state index contributed by atoms with van der Waals surface area (Å²) in [6.45, 7) is 3.94. The number of amides is 2. The number of benzene rings is 2. The lowest BCUT2D eigenvalue weighted by molar-refractivity contribution is -0.118. The van der Waals surface area contributed by atoms with Crippen LogP contribution in [-0.2, 0) is 4.79 Å². The summed E-state index contributed by atoms with van der Waals surface area (Å²) >= 11 is 6.03. The number of primary amides is 1. The number of carbonyl (C=O) groups is 2. The van der Waals surface area contributed by atoms with Gasteiger partial charge < -0.3 is 11.1 Å². The fourth-order valence-electron chi connectivity index (χ4n) is 3.17. The summed E-state index contributed by atoms with van der Waals surface area (Å²) in [6.07, 6.45) is 1.20. The van der Waals surface area contributed by atoms with Gasteiger partial charge in [0.1, 0.15) is 5.82 Å². The second-order valence-electron chi connectivity index (χ2n) is 7.30. The van der Waals surface area contributed by atoms with Gasteiger partial charge in [-0.2, -0.15) is 5.10 Å². The molecule has 0 saturated carbocycles. The van der Waals surface area contributed by atoms with Crippen LogP contribution in [0.2, 0.25) is 5.02 Å². The van der Waals surface area contributed by atoms with Gasteiger partial charge in [0, 0.05) is 10.6 Å². The number of aromatic amines is 1. The van der Waals surface area contributed by atoms with E-state index in [1.807, 2.05) is 19.9 Å². The van der Waals surface area contributed by atoms with Gasteiger partial charge in [0.2, 0.25) is 5.91 Å². The predicted molar refractivity (Wildman–Crippen MR) is 114 cm³/mol. The van der Waals surface area contributed by atoms with Crippen molar-refractivity contribution in [3.05, 3.63) is 76.2 Å². The minimum absolute atomic E-state index is 0.114. The molecule has 156 valence electrons. The Morgan fingerprint density at radius 2 is 1.97 bits per heavy atom. The number of hydrogen-bond donors (Lipinski definition) is 3. The molecule has 0 spiro atoms. The van der Waals surface area contributed by atoms with Crippen LogP contribution in [0.5, 0.6) is 0 Å². The normalized spacial score (nSPS) is 12.0. The first-order valence-corrected chi connectivity index (χ1v) is 9.82. The van der Waals surface area contributed by atoms with Crippen molar-refractivity contribution in [3.8, 4) is 11.3 Å². The monoisotopic (exact) mass is 428 g/mol. The van der Waals surface area contributed by atoms with Gasteiger partial charge in [0.25, 0.3) is 5.91 Å². The molecule has 0 aliphatic heterocycles. The minimum Gasteiger partial charge on any atom is -0.370 e. The Labute approximate surface area is 178 Å². The zero-order valence-corrected chi connectivity index (χ0v) is 17.3. The van der Waals surface area contributed by atoms with Gasteiger partial charge in [-0.05, 0) is 41.3 Å². The average Bonchev–Trinajstić information content (AvgIpc) is 3.16. The van der Waals surface area contributed by atoms with Crippen LogP contribution in [0.1, 0.15) is 53.7 Å². The van der Waals surface area contributed by atoms with Gasteiger partial charge in [0.15, 0.2) is 0 Å². The van der Waals surface area contributed by atoms with Crippen molar-refractivity contribution in [3.63, 3.8) is 0 Å². The first-order valence-electron chi connectivity index (χ1n) is 9.44. The molecule has 1 aromatic heterocycles. The molecule has 8 heteroatoms. The maximum atomic E-state index is 14.7. The molecule has 2 aromatic carbocycles. The molecule has 0 radical (unpaired) electrons. The molecular weight excluding hydrogens is 407 g/mol. The first-order chi connectivity index (χ1) is 14.3. The Balaban J connectivity index is 1.91. The molecule has 0 aliphatic carbocycles. The van der Waals surface area contributed by atoms with E-state index in [9.17, 15) is 14.0 Å². The fourth-order valence-corrected chi connectivity index (χ4v) is 3.37. The van der Waals surface area contributed by atoms with Crippen molar-refractivity contribution in [2.45, 2.75) is 32.2 Å². The standard InChI is InChI=1S/C22H22ClFN4O2/c1-12(2)13-6-7-16(18(24)9-13)21-17(11-26-28-21)22(30)27-19(10-20(25)29)14-4-3-5-15(23)8-14/h3-9,11-12,19H,10H2,1-2H3,(H2,25,29)(H,26,28)(H,27,30). The highest BCUT2D eigenvalue weighted by Crippen LogP contribution is 2.28. The van der Waals surface area contributed by atoms with Crippen molar-refractivity contribution in [1.82, 2.24) is 15.5 Å². The Morgan fingerprint density at radius 1 is 1.20 bits per heavy atom. The van der Waals surface area contributed by atoms with Gasteiger partial charge in [-0.3, -0.25) is 14.7 Å². The van der Waals surface area contributed by atoms with Crippen LogP contribution in [0.25, 0.3) is 11.3 Å². The summed E-state index contributed by atoms with van der Waals surface area (Å²) in [7, 11) is 0. The molecular formula is C22H22ClFN4O2. The van der Waals surface area contributed by atoms with Gasteiger partial charge in [-0.1, -0.05) is 43.6 Å². The average molecular weight is 429 g/mol. The molecule has 0 fully saturated rings. The molecule has 2 amide bonds. The molecule has 0 aliphatic rings. The zero-order valence-electron chi connectivity index (χ0n) is 16.6. The van der Waals surface area contributed by atoms with Gasteiger partial charge in [-0.25, -0.2) is 4.39 Å². The van der Waals surface area contributed by atoms with Crippen LogP contribution in [0, 0.1) is 5.82 Å². The van der Waals surface area contributed by atoms with E-state index in [2.05, 4.69) is 15.5 Å². The Bertz CT molecular complexity index is 1080. The second-order valence-corrected chi connectivity index (χ2v) is 7.74. The zero-order chi connectivity index (χ0) is 21.8. The number of nitrogens with one attached hydrogen (secondary N) is 2. The van der Waals surface area contributed by atoms with Gasteiger partial charge in [0.05, 0.1) is 29.9 Å². The Hall–Kier alpha value is -3.19. The van der Waals surface area contributed by atoms with E-state index in [1.54, 1.807) is 30.3 Å². The SMILES string of the molecule is CC(C)c1ccc(-c2[nH]ncc2C(=O)NC(CC(N)=O)c2cccc(Cl)c2)c(F)c1. The maximum Gasteiger partial charge on any atom is 0.255 e. The summed E-state index contributed by atoms with van der Waals surface area (Å²) < 4.78 is 14.7. The van der Waals surface area contributed by atoms with Crippen LogP contribution in [0.4, 0.5) is 4.39 Å². The number of aromatic nitrogens is 2. The number of H-pyrrole nitrogens is 1. The Morgan fingerprint density at radius 3 is 2.60 bits per heavy atom. The van der Waals surface area contributed by atoms with Crippen molar-refractivity contribution in [2.24, 2.45) is 5.73 Å². The number of hydrogen-bond acceptors (Lipinski definition) is 3. The quantitative estimate of drug-likeness (QED) is 0.521. The van der Waals surface area contributed by atoms with Crippen LogP contribution in [-0.4, -0.2) is 22.0 Å². The summed E-state index contributed by atoms with van der Waals surface area (Å²) in [4.78, 5) is 24.5. The second kappa shape index (κ2) is 9.09. The van der Waals surface area contributed by atoms with Crippen LogP contribution in [0.3, 0.4) is 0 Å². The van der Waals surface area contributed by atoms with Gasteiger partial charge >= 0.3 is 0 Å². The number of nitrogens with two attached hydrogens (primary N) is 1. The maximum absolute atomic E-state index is 14.7. The molecule has 6 nitrogen and oxygen atoms in total. The van der Waals surface area contributed by atoms with E-state index in [1.165, 1.54) is 12.3 Å². The van der Waals surface area contributed by atoms with E-state index < -0.39 is 23.7 Å². The number of carbonyl (C=O) groups excluding carboxylic acids is 2. The van der Waals surface area contributed by atoms with E-state index in [0.29, 0.717) is 10.6 Å². The first kappa shape index (κ1) is 21.5. The van der Waals surface area contributed by atoms with E-state index in [-0.39, 0.29) is 29.2 Å². The lowest BCUT2D eigenvalue weighted by atomic mass is 9.98. The highest BCUT2D eigenvalue weighted by molar-refractivity contribution is 6.30. The van der Waals surface area contributed by atoms with Crippen molar-refractivity contribution in [1.29, 1.82) is 0 Å². The third-order valence-electron chi connectivity index (χ3n) is 4.77.